The van der Waals surface area contributed by atoms with E-state index in [-0.39, 0.29) is 11.9 Å². The van der Waals surface area contributed by atoms with E-state index < -0.39 is 0 Å². The van der Waals surface area contributed by atoms with Crippen molar-refractivity contribution in [2.24, 2.45) is 5.92 Å². The van der Waals surface area contributed by atoms with Gasteiger partial charge in [0.25, 0.3) is 5.91 Å². The number of nitrogens with one attached hydrogen (secondary N) is 2. The van der Waals surface area contributed by atoms with E-state index in [2.05, 4.69) is 27.9 Å². The maximum atomic E-state index is 12.8. The Kier molecular flexibility index (Phi) is 5.34. The Bertz CT molecular complexity index is 717. The molecule has 1 aromatic heterocycles. The van der Waals surface area contributed by atoms with E-state index in [9.17, 15) is 4.79 Å². The van der Waals surface area contributed by atoms with E-state index in [4.69, 9.17) is 0 Å². The van der Waals surface area contributed by atoms with Crippen molar-refractivity contribution in [2.45, 2.75) is 50.6 Å². The summed E-state index contributed by atoms with van der Waals surface area (Å²) in [5.74, 6) is 0.659. The molecule has 1 aliphatic carbocycles. The predicted molar refractivity (Wildman–Crippen MR) is 102 cm³/mol. The maximum Gasteiger partial charge on any atom is 0.272 e. The fourth-order valence-corrected chi connectivity index (χ4v) is 3.98. The van der Waals surface area contributed by atoms with E-state index in [1.54, 1.807) is 0 Å². The molecule has 2 N–H and O–H groups in total. The minimum absolute atomic E-state index is 0.0653. The summed E-state index contributed by atoms with van der Waals surface area (Å²) in [7, 11) is 0. The molecule has 2 heterocycles. The zero-order valence-corrected chi connectivity index (χ0v) is 15.2. The largest absolute Gasteiger partial charge is 0.344 e. The number of nitrogens with zero attached hydrogens (tertiary/aromatic N) is 2. The number of carbonyl (C=O) groups is 1. The van der Waals surface area contributed by atoms with Crippen LogP contribution in [0.2, 0.25) is 0 Å². The third kappa shape index (κ3) is 3.98. The number of amides is 1. The molecule has 1 aliphatic heterocycles. The fraction of sp³-hybridized carbons (Fsp3) is 0.524. The molecule has 1 saturated carbocycles. The summed E-state index contributed by atoms with van der Waals surface area (Å²) in [5, 5.41) is 11.2. The first-order valence-corrected chi connectivity index (χ1v) is 9.91. The van der Waals surface area contributed by atoms with Gasteiger partial charge in [-0.05, 0) is 43.4 Å². The second kappa shape index (κ2) is 8.04. The van der Waals surface area contributed by atoms with Gasteiger partial charge in [0.15, 0.2) is 0 Å². The first kappa shape index (κ1) is 17.3. The van der Waals surface area contributed by atoms with Gasteiger partial charge < -0.3 is 10.6 Å². The molecule has 0 bridgehead atoms. The van der Waals surface area contributed by atoms with Crippen LogP contribution >= 0.6 is 0 Å². The molecule has 5 nitrogen and oxygen atoms in total. The molecule has 2 aliphatic rings. The average Bonchev–Trinajstić information content (AvgIpc) is 3.15. The van der Waals surface area contributed by atoms with Crippen LogP contribution in [0.4, 0.5) is 0 Å². The van der Waals surface area contributed by atoms with Crippen LogP contribution in [-0.2, 0) is 0 Å². The quantitative estimate of drug-likeness (QED) is 0.837. The summed E-state index contributed by atoms with van der Waals surface area (Å²) in [4.78, 5) is 12.8. The van der Waals surface area contributed by atoms with Crippen molar-refractivity contribution in [3.05, 3.63) is 53.9 Å². The van der Waals surface area contributed by atoms with Crippen molar-refractivity contribution in [3.63, 3.8) is 0 Å². The minimum atomic E-state index is -0.0688. The number of carbonyl (C=O) groups excluding carboxylic acids is 1. The molecule has 2 fully saturated rings. The number of piperidine rings is 1. The predicted octanol–water partition coefficient (Wildman–Crippen LogP) is 3.47. The Morgan fingerprint density at radius 2 is 2.04 bits per heavy atom. The molecule has 2 atom stereocenters. The monoisotopic (exact) mass is 352 g/mol. The van der Waals surface area contributed by atoms with Crippen molar-refractivity contribution in [2.75, 3.05) is 13.1 Å². The van der Waals surface area contributed by atoms with Crippen LogP contribution in [0.25, 0.3) is 0 Å². The zero-order chi connectivity index (χ0) is 17.8. The van der Waals surface area contributed by atoms with E-state index in [0.717, 1.165) is 38.3 Å². The first-order chi connectivity index (χ1) is 12.8. The average molecular weight is 352 g/mol. The number of benzene rings is 1. The Balaban J connectivity index is 1.44. The standard InChI is InChI=1S/C21H28N4O/c26-21(19-11-13-25(24-19)18-10-5-12-22-15-18)23-20(14-16-6-4-7-16)17-8-2-1-3-9-17/h1-3,8-9,11,13,16,18,20,22H,4-7,10,12,14-15H2,(H,23,26). The molecule has 5 heteroatoms. The Labute approximate surface area is 155 Å². The third-order valence-corrected chi connectivity index (χ3v) is 5.79. The van der Waals surface area contributed by atoms with Crippen LogP contribution in [0.5, 0.6) is 0 Å². The molecule has 1 saturated heterocycles. The summed E-state index contributed by atoms with van der Waals surface area (Å²) in [5.41, 5.74) is 1.70. The highest BCUT2D eigenvalue weighted by Gasteiger charge is 2.25. The molecule has 0 spiro atoms. The van der Waals surface area contributed by atoms with Crippen LogP contribution < -0.4 is 10.6 Å². The number of hydrogen-bond donors (Lipinski definition) is 2. The lowest BCUT2D eigenvalue weighted by Gasteiger charge is -2.30. The van der Waals surface area contributed by atoms with Gasteiger partial charge in [-0.1, -0.05) is 49.6 Å². The molecule has 0 radical (unpaired) electrons. The van der Waals surface area contributed by atoms with Crippen LogP contribution in [0.3, 0.4) is 0 Å². The van der Waals surface area contributed by atoms with Crippen molar-refractivity contribution in [3.8, 4) is 0 Å². The van der Waals surface area contributed by atoms with E-state index in [1.165, 1.54) is 24.8 Å². The maximum absolute atomic E-state index is 12.8. The van der Waals surface area contributed by atoms with Gasteiger partial charge >= 0.3 is 0 Å². The molecule has 26 heavy (non-hydrogen) atoms. The van der Waals surface area contributed by atoms with Crippen molar-refractivity contribution in [1.29, 1.82) is 0 Å². The van der Waals surface area contributed by atoms with E-state index >= 15 is 0 Å². The van der Waals surface area contributed by atoms with E-state index in [0.29, 0.717) is 11.7 Å². The van der Waals surface area contributed by atoms with Crippen LogP contribution in [-0.4, -0.2) is 28.8 Å². The molecule has 1 amide bonds. The highest BCUT2D eigenvalue weighted by molar-refractivity contribution is 5.92. The molecule has 1 aromatic carbocycles. The molecular weight excluding hydrogens is 324 g/mol. The minimum Gasteiger partial charge on any atom is -0.344 e. The normalized spacial score (nSPS) is 21.8. The van der Waals surface area contributed by atoms with Gasteiger partial charge in [0.1, 0.15) is 5.69 Å². The molecule has 138 valence electrons. The van der Waals surface area contributed by atoms with Crippen molar-refractivity contribution < 1.29 is 4.79 Å². The summed E-state index contributed by atoms with van der Waals surface area (Å²) in [6.45, 7) is 2.00. The van der Waals surface area contributed by atoms with Gasteiger partial charge in [0.2, 0.25) is 0 Å². The second-order valence-electron chi connectivity index (χ2n) is 7.65. The summed E-state index contributed by atoms with van der Waals surface area (Å²) >= 11 is 0. The molecular formula is C21H28N4O. The van der Waals surface area contributed by atoms with Crippen LogP contribution in [0, 0.1) is 5.92 Å². The fourth-order valence-electron chi connectivity index (χ4n) is 3.98. The second-order valence-corrected chi connectivity index (χ2v) is 7.65. The van der Waals surface area contributed by atoms with Gasteiger partial charge in [-0.15, -0.1) is 0 Å². The van der Waals surface area contributed by atoms with Gasteiger partial charge in [0, 0.05) is 12.7 Å². The van der Waals surface area contributed by atoms with Crippen molar-refractivity contribution in [1.82, 2.24) is 20.4 Å². The topological polar surface area (TPSA) is 59.0 Å². The van der Waals surface area contributed by atoms with Gasteiger partial charge in [0.05, 0.1) is 12.1 Å². The van der Waals surface area contributed by atoms with Crippen LogP contribution in [0.1, 0.15) is 66.7 Å². The molecule has 2 unspecified atom stereocenters. The van der Waals surface area contributed by atoms with Gasteiger partial charge in [-0.25, -0.2) is 0 Å². The Morgan fingerprint density at radius 3 is 2.73 bits per heavy atom. The van der Waals surface area contributed by atoms with E-state index in [1.807, 2.05) is 35.1 Å². The summed E-state index contributed by atoms with van der Waals surface area (Å²) in [6, 6.07) is 12.6. The molecule has 4 rings (SSSR count). The SMILES string of the molecule is O=C(NC(CC1CCC1)c1ccccc1)c1ccn(C2CCCNC2)n1. The van der Waals surface area contributed by atoms with Gasteiger partial charge in [-0.3, -0.25) is 9.48 Å². The molecule has 2 aromatic rings. The lowest BCUT2D eigenvalue weighted by Crippen LogP contribution is -2.33. The lowest BCUT2D eigenvalue weighted by atomic mass is 9.79. The highest BCUT2D eigenvalue weighted by atomic mass is 16.2. The summed E-state index contributed by atoms with van der Waals surface area (Å²) in [6.07, 6.45) is 9.11. The Morgan fingerprint density at radius 1 is 1.19 bits per heavy atom. The number of hydrogen-bond acceptors (Lipinski definition) is 3. The van der Waals surface area contributed by atoms with Crippen molar-refractivity contribution >= 4 is 5.91 Å². The highest BCUT2D eigenvalue weighted by Crippen LogP contribution is 2.34. The van der Waals surface area contributed by atoms with Gasteiger partial charge in [-0.2, -0.15) is 5.10 Å². The number of aromatic nitrogens is 2. The summed E-state index contributed by atoms with van der Waals surface area (Å²) < 4.78 is 1.95. The first-order valence-electron chi connectivity index (χ1n) is 9.91. The smallest absolute Gasteiger partial charge is 0.272 e. The zero-order valence-electron chi connectivity index (χ0n) is 15.2. The third-order valence-electron chi connectivity index (χ3n) is 5.79. The Hall–Kier alpha value is -2.14. The van der Waals surface area contributed by atoms with Crippen LogP contribution in [0.15, 0.2) is 42.6 Å². The lowest BCUT2D eigenvalue weighted by molar-refractivity contribution is 0.0919. The number of rotatable bonds is 6.